The van der Waals surface area contributed by atoms with Crippen molar-refractivity contribution in [3.8, 4) is 0 Å². The first-order valence-corrected chi connectivity index (χ1v) is 7.30. The summed E-state index contributed by atoms with van der Waals surface area (Å²) in [6.07, 6.45) is 6.58. The Labute approximate surface area is 111 Å². The second-order valence-corrected chi connectivity index (χ2v) is 5.47. The highest BCUT2D eigenvalue weighted by Crippen LogP contribution is 2.11. The summed E-state index contributed by atoms with van der Waals surface area (Å²) in [4.78, 5) is 2.46. The quantitative estimate of drug-likeness (QED) is 0.796. The predicted molar refractivity (Wildman–Crippen MR) is 77.9 cm³/mol. The Morgan fingerprint density at radius 3 is 2.78 bits per heavy atom. The van der Waals surface area contributed by atoms with Gasteiger partial charge in [0.1, 0.15) is 0 Å². The summed E-state index contributed by atoms with van der Waals surface area (Å²) in [6, 6.07) is 11.6. The molecule has 0 spiro atoms. The molecule has 1 unspecified atom stereocenters. The zero-order valence-corrected chi connectivity index (χ0v) is 11.6. The molecule has 0 aliphatic carbocycles. The molecule has 2 nitrogen and oxygen atoms in total. The fraction of sp³-hybridized carbons (Fsp3) is 0.625. The molecule has 1 atom stereocenters. The van der Waals surface area contributed by atoms with E-state index in [9.17, 15) is 0 Å². The lowest BCUT2D eigenvalue weighted by Crippen LogP contribution is -2.26. The minimum atomic E-state index is 0.799. The lowest BCUT2D eigenvalue weighted by Gasteiger charge is -2.18. The average Bonchev–Trinajstić information content (AvgIpc) is 2.91. The third kappa shape index (κ3) is 4.79. The highest BCUT2D eigenvalue weighted by Gasteiger charge is 2.13. The molecule has 1 aliphatic rings. The Morgan fingerprint density at radius 1 is 1.22 bits per heavy atom. The predicted octanol–water partition coefficient (Wildman–Crippen LogP) is 2.69. The van der Waals surface area contributed by atoms with Crippen molar-refractivity contribution in [1.29, 1.82) is 0 Å². The van der Waals surface area contributed by atoms with Crippen LogP contribution in [0.25, 0.3) is 0 Å². The molecule has 0 aromatic heterocycles. The number of nitrogens with one attached hydrogen (secondary N) is 1. The highest BCUT2D eigenvalue weighted by molar-refractivity contribution is 5.14. The molecule has 2 heteroatoms. The SMILES string of the molecule is CN(CCCC1CCCN1)CCc1ccccc1. The van der Waals surface area contributed by atoms with E-state index < -0.39 is 0 Å². The van der Waals surface area contributed by atoms with Crippen molar-refractivity contribution in [3.05, 3.63) is 35.9 Å². The van der Waals surface area contributed by atoms with Gasteiger partial charge in [-0.25, -0.2) is 0 Å². The van der Waals surface area contributed by atoms with Crippen molar-refractivity contribution in [2.75, 3.05) is 26.7 Å². The molecule has 1 aromatic rings. The van der Waals surface area contributed by atoms with Gasteiger partial charge in [-0.2, -0.15) is 0 Å². The maximum absolute atomic E-state index is 3.57. The van der Waals surface area contributed by atoms with Crippen LogP contribution in [0.2, 0.25) is 0 Å². The molecular formula is C16H26N2. The minimum Gasteiger partial charge on any atom is -0.314 e. The van der Waals surface area contributed by atoms with Gasteiger partial charge < -0.3 is 10.2 Å². The first-order valence-electron chi connectivity index (χ1n) is 7.30. The highest BCUT2D eigenvalue weighted by atomic mass is 15.1. The Bertz CT molecular complexity index is 317. The summed E-state index contributed by atoms with van der Waals surface area (Å²) < 4.78 is 0. The Morgan fingerprint density at radius 2 is 2.06 bits per heavy atom. The van der Waals surface area contributed by atoms with Crippen LogP contribution < -0.4 is 5.32 Å². The van der Waals surface area contributed by atoms with Crippen molar-refractivity contribution < 1.29 is 0 Å². The second-order valence-electron chi connectivity index (χ2n) is 5.47. The number of hydrogen-bond acceptors (Lipinski definition) is 2. The van der Waals surface area contributed by atoms with Gasteiger partial charge in [0.2, 0.25) is 0 Å². The third-order valence-corrected chi connectivity index (χ3v) is 3.88. The Hall–Kier alpha value is -0.860. The molecule has 1 fully saturated rings. The molecule has 1 aliphatic heterocycles. The molecule has 0 radical (unpaired) electrons. The van der Waals surface area contributed by atoms with E-state index in [1.54, 1.807) is 0 Å². The van der Waals surface area contributed by atoms with Crippen molar-refractivity contribution in [2.24, 2.45) is 0 Å². The van der Waals surface area contributed by atoms with Gasteiger partial charge in [-0.3, -0.25) is 0 Å². The van der Waals surface area contributed by atoms with Gasteiger partial charge >= 0.3 is 0 Å². The van der Waals surface area contributed by atoms with E-state index in [1.807, 2.05) is 0 Å². The van der Waals surface area contributed by atoms with Gasteiger partial charge in [-0.15, -0.1) is 0 Å². The average molecular weight is 246 g/mol. The van der Waals surface area contributed by atoms with Crippen LogP contribution in [0.4, 0.5) is 0 Å². The number of nitrogens with zero attached hydrogens (tertiary/aromatic N) is 1. The van der Waals surface area contributed by atoms with E-state index in [2.05, 4.69) is 47.6 Å². The van der Waals surface area contributed by atoms with Gasteiger partial charge in [-0.05, 0) is 57.8 Å². The monoisotopic (exact) mass is 246 g/mol. The number of hydrogen-bond donors (Lipinski definition) is 1. The van der Waals surface area contributed by atoms with E-state index in [1.165, 1.54) is 57.3 Å². The maximum Gasteiger partial charge on any atom is 0.00680 e. The topological polar surface area (TPSA) is 15.3 Å². The van der Waals surface area contributed by atoms with Crippen LogP contribution >= 0.6 is 0 Å². The molecule has 1 aromatic carbocycles. The molecule has 18 heavy (non-hydrogen) atoms. The number of likely N-dealkylation sites (N-methyl/N-ethyl adjacent to an activating group) is 1. The van der Waals surface area contributed by atoms with E-state index in [0.29, 0.717) is 0 Å². The van der Waals surface area contributed by atoms with Crippen LogP contribution in [0.1, 0.15) is 31.2 Å². The normalized spacial score (nSPS) is 19.6. The van der Waals surface area contributed by atoms with Crippen LogP contribution in [0.3, 0.4) is 0 Å². The third-order valence-electron chi connectivity index (χ3n) is 3.88. The smallest absolute Gasteiger partial charge is 0.00680 e. The summed E-state index contributed by atoms with van der Waals surface area (Å²) in [5.41, 5.74) is 1.45. The van der Waals surface area contributed by atoms with Gasteiger partial charge in [0.25, 0.3) is 0 Å². The van der Waals surface area contributed by atoms with E-state index in [0.717, 1.165) is 6.04 Å². The lowest BCUT2D eigenvalue weighted by molar-refractivity contribution is 0.322. The fourth-order valence-electron chi connectivity index (χ4n) is 2.69. The molecule has 1 N–H and O–H groups in total. The maximum atomic E-state index is 3.57. The number of benzene rings is 1. The Kier molecular flexibility index (Phi) is 5.69. The molecule has 0 amide bonds. The van der Waals surface area contributed by atoms with Crippen molar-refractivity contribution in [1.82, 2.24) is 10.2 Å². The molecular weight excluding hydrogens is 220 g/mol. The van der Waals surface area contributed by atoms with E-state index >= 15 is 0 Å². The van der Waals surface area contributed by atoms with Crippen LogP contribution in [0.15, 0.2) is 30.3 Å². The van der Waals surface area contributed by atoms with Gasteiger partial charge in [0, 0.05) is 12.6 Å². The lowest BCUT2D eigenvalue weighted by atomic mass is 10.1. The summed E-state index contributed by atoms with van der Waals surface area (Å²) in [7, 11) is 2.24. The zero-order chi connectivity index (χ0) is 12.6. The van der Waals surface area contributed by atoms with Gasteiger partial charge in [0.15, 0.2) is 0 Å². The molecule has 0 saturated carbocycles. The Balaban J connectivity index is 1.56. The second kappa shape index (κ2) is 7.55. The van der Waals surface area contributed by atoms with Gasteiger partial charge in [-0.1, -0.05) is 30.3 Å². The molecule has 1 heterocycles. The summed E-state index contributed by atoms with van der Waals surface area (Å²) in [6.45, 7) is 3.63. The first-order chi connectivity index (χ1) is 8.84. The van der Waals surface area contributed by atoms with Crippen LogP contribution in [-0.4, -0.2) is 37.6 Å². The fourth-order valence-corrected chi connectivity index (χ4v) is 2.69. The summed E-state index contributed by atoms with van der Waals surface area (Å²) >= 11 is 0. The van der Waals surface area contributed by atoms with Crippen LogP contribution in [-0.2, 0) is 6.42 Å². The van der Waals surface area contributed by atoms with Crippen LogP contribution in [0.5, 0.6) is 0 Å². The summed E-state index contributed by atoms with van der Waals surface area (Å²) in [5.74, 6) is 0. The van der Waals surface area contributed by atoms with Crippen LogP contribution in [0, 0.1) is 0 Å². The first kappa shape index (κ1) is 13.6. The summed E-state index contributed by atoms with van der Waals surface area (Å²) in [5, 5.41) is 3.57. The standard InChI is InChI=1S/C16H26N2/c1-18(13-6-10-16-9-5-12-17-16)14-11-15-7-3-2-4-8-15/h2-4,7-8,16-17H,5-6,9-14H2,1H3. The van der Waals surface area contributed by atoms with Crippen molar-refractivity contribution >= 4 is 0 Å². The number of rotatable bonds is 7. The zero-order valence-electron chi connectivity index (χ0n) is 11.6. The van der Waals surface area contributed by atoms with E-state index in [4.69, 9.17) is 0 Å². The minimum absolute atomic E-state index is 0.799. The molecule has 2 rings (SSSR count). The molecule has 0 bridgehead atoms. The molecule has 1 saturated heterocycles. The molecule has 100 valence electrons. The van der Waals surface area contributed by atoms with Crippen molar-refractivity contribution in [3.63, 3.8) is 0 Å². The van der Waals surface area contributed by atoms with Crippen molar-refractivity contribution in [2.45, 2.75) is 38.1 Å². The van der Waals surface area contributed by atoms with E-state index in [-0.39, 0.29) is 0 Å². The van der Waals surface area contributed by atoms with Gasteiger partial charge in [0.05, 0.1) is 0 Å². The largest absolute Gasteiger partial charge is 0.314 e.